The summed E-state index contributed by atoms with van der Waals surface area (Å²) in [6, 6.07) is 19.6. The van der Waals surface area contributed by atoms with Gasteiger partial charge in [-0.1, -0.05) is 41.4 Å². The predicted molar refractivity (Wildman–Crippen MR) is 142 cm³/mol. The quantitative estimate of drug-likeness (QED) is 0.388. The Morgan fingerprint density at radius 3 is 2.36 bits per heavy atom. The van der Waals surface area contributed by atoms with E-state index in [4.69, 9.17) is 30.9 Å². The highest BCUT2D eigenvalue weighted by atomic mass is 35.5. The fourth-order valence-electron chi connectivity index (χ4n) is 4.68. The van der Waals surface area contributed by atoms with Gasteiger partial charge in [0.1, 0.15) is 0 Å². The van der Waals surface area contributed by atoms with Crippen molar-refractivity contribution in [3.63, 3.8) is 0 Å². The van der Waals surface area contributed by atoms with Gasteiger partial charge < -0.3 is 19.1 Å². The standard InChI is InChI=1S/C27H26ClN3O4S/c1-5-35-26(32)25-29-31(20-12-6-17(2)7-13-20)27(18-8-10-19(28)11-9-18)21-14-22(33-3)23(34-4)15-24(21)36-16-30(25)27/h6-15H,5,16H2,1-4H3. The van der Waals surface area contributed by atoms with Crippen molar-refractivity contribution in [2.45, 2.75) is 24.4 Å². The predicted octanol–water partition coefficient (Wildman–Crippen LogP) is 5.63. The van der Waals surface area contributed by atoms with Crippen molar-refractivity contribution in [2.24, 2.45) is 5.10 Å². The Bertz CT molecular complexity index is 1330. The molecule has 0 radical (unpaired) electrons. The van der Waals surface area contributed by atoms with Crippen LogP contribution in [-0.2, 0) is 15.2 Å². The number of halogens is 1. The molecule has 0 aliphatic carbocycles. The van der Waals surface area contributed by atoms with Gasteiger partial charge >= 0.3 is 5.97 Å². The van der Waals surface area contributed by atoms with E-state index in [-0.39, 0.29) is 12.4 Å². The lowest BCUT2D eigenvalue weighted by molar-refractivity contribution is -0.135. The Hall–Kier alpha value is -3.36. The van der Waals surface area contributed by atoms with Crippen LogP contribution in [0.2, 0.25) is 5.02 Å². The van der Waals surface area contributed by atoms with Crippen LogP contribution in [0.15, 0.2) is 70.7 Å². The fourth-order valence-corrected chi connectivity index (χ4v) is 5.93. The summed E-state index contributed by atoms with van der Waals surface area (Å²) in [5, 5.41) is 7.41. The molecule has 0 saturated heterocycles. The van der Waals surface area contributed by atoms with Gasteiger partial charge in [-0.3, -0.25) is 0 Å². The number of benzene rings is 3. The Labute approximate surface area is 219 Å². The van der Waals surface area contributed by atoms with Crippen molar-refractivity contribution in [3.8, 4) is 11.5 Å². The summed E-state index contributed by atoms with van der Waals surface area (Å²) in [5.74, 6) is 1.44. The molecular weight excluding hydrogens is 498 g/mol. The third kappa shape index (κ3) is 3.76. The second-order valence-corrected chi connectivity index (χ2v) is 9.80. The molecule has 0 saturated carbocycles. The summed E-state index contributed by atoms with van der Waals surface area (Å²) in [6.45, 7) is 4.07. The van der Waals surface area contributed by atoms with Crippen LogP contribution in [0.4, 0.5) is 5.69 Å². The lowest BCUT2D eigenvalue weighted by Crippen LogP contribution is -2.56. The smallest absolute Gasteiger partial charge is 0.376 e. The third-order valence-corrected chi connectivity index (χ3v) is 7.63. The molecule has 1 unspecified atom stereocenters. The Morgan fingerprint density at radius 2 is 1.72 bits per heavy atom. The van der Waals surface area contributed by atoms with Crippen LogP contribution in [-0.4, -0.2) is 43.4 Å². The Kier molecular flexibility index (Phi) is 6.49. The molecule has 0 bridgehead atoms. The zero-order chi connectivity index (χ0) is 25.4. The summed E-state index contributed by atoms with van der Waals surface area (Å²) in [7, 11) is 3.23. The summed E-state index contributed by atoms with van der Waals surface area (Å²) >= 11 is 7.90. The van der Waals surface area contributed by atoms with Crippen molar-refractivity contribution in [1.29, 1.82) is 0 Å². The minimum absolute atomic E-state index is 0.236. The molecule has 2 aliphatic heterocycles. The first kappa shape index (κ1) is 24.3. The molecule has 2 heterocycles. The minimum Gasteiger partial charge on any atom is -0.493 e. The molecule has 2 aliphatic rings. The molecule has 0 amide bonds. The maximum Gasteiger partial charge on any atom is 0.376 e. The van der Waals surface area contributed by atoms with Gasteiger partial charge in [-0.25, -0.2) is 9.80 Å². The number of ether oxygens (including phenoxy) is 3. The minimum atomic E-state index is -0.998. The molecule has 7 nitrogen and oxygen atoms in total. The van der Waals surface area contributed by atoms with E-state index in [1.807, 2.05) is 77.5 Å². The van der Waals surface area contributed by atoms with E-state index in [9.17, 15) is 4.79 Å². The number of aryl methyl sites for hydroxylation is 1. The number of methoxy groups -OCH3 is 2. The topological polar surface area (TPSA) is 63.6 Å². The van der Waals surface area contributed by atoms with Gasteiger partial charge in [0.15, 0.2) is 17.2 Å². The van der Waals surface area contributed by atoms with Crippen LogP contribution in [0.5, 0.6) is 11.5 Å². The van der Waals surface area contributed by atoms with Crippen LogP contribution in [0, 0.1) is 6.92 Å². The number of rotatable bonds is 6. The number of carbonyl (C=O) groups is 1. The maximum atomic E-state index is 13.2. The van der Waals surface area contributed by atoms with E-state index < -0.39 is 11.6 Å². The second-order valence-electron chi connectivity index (χ2n) is 8.38. The van der Waals surface area contributed by atoms with E-state index in [0.717, 1.165) is 27.3 Å². The number of esters is 1. The molecule has 3 aromatic rings. The summed E-state index contributed by atoms with van der Waals surface area (Å²) in [5.41, 5.74) is 2.75. The largest absolute Gasteiger partial charge is 0.493 e. The van der Waals surface area contributed by atoms with Gasteiger partial charge in [0.05, 0.1) is 32.4 Å². The van der Waals surface area contributed by atoms with Gasteiger partial charge in [-0.05, 0) is 50.2 Å². The summed E-state index contributed by atoms with van der Waals surface area (Å²) in [4.78, 5) is 16.2. The molecule has 5 rings (SSSR count). The molecule has 36 heavy (non-hydrogen) atoms. The van der Waals surface area contributed by atoms with Gasteiger partial charge in [0, 0.05) is 21.0 Å². The van der Waals surface area contributed by atoms with Gasteiger partial charge in [0.2, 0.25) is 5.84 Å². The van der Waals surface area contributed by atoms with Crippen LogP contribution in [0.25, 0.3) is 0 Å². The number of thioether (sulfide) groups is 1. The van der Waals surface area contributed by atoms with Gasteiger partial charge in [-0.2, -0.15) is 0 Å². The molecule has 0 fully saturated rings. The number of carbonyl (C=O) groups excluding carboxylic acids is 1. The van der Waals surface area contributed by atoms with Crippen molar-refractivity contribution in [1.82, 2.24) is 4.90 Å². The van der Waals surface area contributed by atoms with Crippen LogP contribution in [0.3, 0.4) is 0 Å². The zero-order valence-corrected chi connectivity index (χ0v) is 22.0. The molecule has 3 aromatic carbocycles. The van der Waals surface area contributed by atoms with E-state index in [2.05, 4.69) is 0 Å². The lowest BCUT2D eigenvalue weighted by atomic mass is 9.88. The monoisotopic (exact) mass is 523 g/mol. The van der Waals surface area contributed by atoms with E-state index in [0.29, 0.717) is 22.4 Å². The summed E-state index contributed by atoms with van der Waals surface area (Å²) < 4.78 is 16.7. The van der Waals surface area contributed by atoms with Crippen molar-refractivity contribution in [3.05, 3.63) is 82.4 Å². The second kappa shape index (κ2) is 9.59. The SMILES string of the molecule is CCOC(=O)C1=NN(c2ccc(C)cc2)C2(c3ccc(Cl)cc3)c3cc(OC)c(OC)cc3SCN12. The molecule has 0 spiro atoms. The number of anilines is 1. The molecule has 1 atom stereocenters. The molecule has 0 N–H and O–H groups in total. The van der Waals surface area contributed by atoms with Gasteiger partial charge in [-0.15, -0.1) is 16.9 Å². The highest BCUT2D eigenvalue weighted by Gasteiger charge is 2.57. The average molecular weight is 524 g/mol. The number of hydrogen-bond donors (Lipinski definition) is 0. The van der Waals surface area contributed by atoms with Crippen molar-refractivity contribution >= 4 is 40.9 Å². The first-order chi connectivity index (χ1) is 17.4. The number of amidine groups is 1. The zero-order valence-electron chi connectivity index (χ0n) is 20.4. The van der Waals surface area contributed by atoms with E-state index in [1.165, 1.54) is 0 Å². The lowest BCUT2D eigenvalue weighted by Gasteiger charge is -2.48. The first-order valence-corrected chi connectivity index (χ1v) is 12.9. The van der Waals surface area contributed by atoms with E-state index in [1.54, 1.807) is 32.9 Å². The van der Waals surface area contributed by atoms with Crippen molar-refractivity contribution in [2.75, 3.05) is 31.7 Å². The molecule has 9 heteroatoms. The molecule has 0 aromatic heterocycles. The molecular formula is C27H26ClN3O4S. The highest BCUT2D eigenvalue weighted by molar-refractivity contribution is 7.99. The van der Waals surface area contributed by atoms with Crippen molar-refractivity contribution < 1.29 is 19.0 Å². The number of nitrogens with zero attached hydrogens (tertiary/aromatic N) is 3. The van der Waals surface area contributed by atoms with E-state index >= 15 is 0 Å². The number of hydrogen-bond acceptors (Lipinski definition) is 8. The normalized spacial score (nSPS) is 18.3. The number of fused-ring (bicyclic) bond motifs is 3. The maximum absolute atomic E-state index is 13.2. The Balaban J connectivity index is 1.85. The fraction of sp³-hybridized carbons (Fsp3) is 0.259. The summed E-state index contributed by atoms with van der Waals surface area (Å²) in [6.07, 6.45) is 0. The van der Waals surface area contributed by atoms with Crippen LogP contribution < -0.4 is 14.5 Å². The highest BCUT2D eigenvalue weighted by Crippen LogP contribution is 2.55. The number of hydrazone groups is 1. The van der Waals surface area contributed by atoms with Crippen LogP contribution in [0.1, 0.15) is 23.6 Å². The first-order valence-electron chi connectivity index (χ1n) is 11.5. The van der Waals surface area contributed by atoms with Crippen LogP contribution >= 0.6 is 23.4 Å². The average Bonchev–Trinajstić information content (AvgIpc) is 3.25. The Morgan fingerprint density at radius 1 is 1.06 bits per heavy atom. The van der Waals surface area contributed by atoms with Gasteiger partial charge in [0.25, 0.3) is 0 Å². The third-order valence-electron chi connectivity index (χ3n) is 6.34. The molecule has 186 valence electrons.